The number of hydrogen-bond acceptors (Lipinski definition) is 8. The van der Waals surface area contributed by atoms with Gasteiger partial charge in [0.25, 0.3) is 5.91 Å². The van der Waals surface area contributed by atoms with Crippen molar-refractivity contribution in [3.05, 3.63) is 72.1 Å². The third-order valence-corrected chi connectivity index (χ3v) is 4.57. The molecule has 0 saturated carbocycles. The fourth-order valence-electron chi connectivity index (χ4n) is 2.94. The van der Waals surface area contributed by atoms with E-state index in [4.69, 9.17) is 23.7 Å². The van der Waals surface area contributed by atoms with Crippen molar-refractivity contribution in [3.63, 3.8) is 0 Å². The minimum absolute atomic E-state index is 0.140. The van der Waals surface area contributed by atoms with Gasteiger partial charge in [0.1, 0.15) is 22.8 Å². The Morgan fingerprint density at radius 2 is 1.61 bits per heavy atom. The first kappa shape index (κ1) is 23.4. The topological polar surface area (TPSA) is 105 Å². The molecule has 0 aliphatic heterocycles. The summed E-state index contributed by atoms with van der Waals surface area (Å²) in [5.41, 5.74) is 0.862. The number of esters is 1. The van der Waals surface area contributed by atoms with Crippen LogP contribution < -0.4 is 24.3 Å². The number of ether oxygens (including phenoxy) is 5. The molecule has 1 N–H and O–H groups in total. The molecule has 0 bridgehead atoms. The number of hydrogen-bond donors (Lipinski definition) is 1. The molecule has 0 radical (unpaired) electrons. The van der Waals surface area contributed by atoms with Crippen molar-refractivity contribution >= 4 is 11.9 Å². The molecular formula is C24H24N2O7. The Hall–Kier alpha value is -4.27. The standard InChI is InChI=1S/C24H24N2O7/c1-29-20-12-22(31-3)21(30-2)11-16(20)13-26-23(27)15-32-24(28)18-8-4-5-9-19(18)33-17-7-6-10-25-14-17/h4-12,14H,13,15H2,1-3H3,(H,26,27). The SMILES string of the molecule is COc1cc(OC)c(OC)cc1CNC(=O)COC(=O)c1ccccc1Oc1cccnc1. The molecule has 9 heteroatoms. The number of carbonyl (C=O) groups is 2. The third-order valence-electron chi connectivity index (χ3n) is 4.57. The maximum absolute atomic E-state index is 12.5. The summed E-state index contributed by atoms with van der Waals surface area (Å²) in [5, 5.41) is 2.69. The Kier molecular flexibility index (Phi) is 8.07. The number of pyridine rings is 1. The predicted octanol–water partition coefficient (Wildman–Crippen LogP) is 3.37. The lowest BCUT2D eigenvalue weighted by atomic mass is 10.1. The van der Waals surface area contributed by atoms with Crippen molar-refractivity contribution in [1.82, 2.24) is 10.3 Å². The molecule has 0 aliphatic carbocycles. The van der Waals surface area contributed by atoms with Crippen LogP contribution >= 0.6 is 0 Å². The first-order valence-electron chi connectivity index (χ1n) is 9.95. The Labute approximate surface area is 191 Å². The van der Waals surface area contributed by atoms with E-state index < -0.39 is 18.5 Å². The largest absolute Gasteiger partial charge is 0.496 e. The molecule has 0 aliphatic rings. The lowest BCUT2D eigenvalue weighted by molar-refractivity contribution is -0.124. The van der Waals surface area contributed by atoms with Gasteiger partial charge >= 0.3 is 5.97 Å². The molecule has 3 rings (SSSR count). The molecule has 0 unspecified atom stereocenters. The van der Waals surface area contributed by atoms with E-state index in [-0.39, 0.29) is 12.1 Å². The fraction of sp³-hybridized carbons (Fsp3) is 0.208. The normalized spacial score (nSPS) is 10.2. The van der Waals surface area contributed by atoms with Crippen LogP contribution in [0.3, 0.4) is 0 Å². The van der Waals surface area contributed by atoms with Gasteiger partial charge in [-0.2, -0.15) is 0 Å². The van der Waals surface area contributed by atoms with Crippen LogP contribution in [0.25, 0.3) is 0 Å². The zero-order chi connectivity index (χ0) is 23.6. The van der Waals surface area contributed by atoms with E-state index in [1.807, 2.05) is 0 Å². The summed E-state index contributed by atoms with van der Waals surface area (Å²) in [4.78, 5) is 28.8. The van der Waals surface area contributed by atoms with Crippen molar-refractivity contribution in [2.75, 3.05) is 27.9 Å². The van der Waals surface area contributed by atoms with Crippen molar-refractivity contribution in [2.45, 2.75) is 6.54 Å². The summed E-state index contributed by atoms with van der Waals surface area (Å²) in [6.45, 7) is -0.323. The number of carbonyl (C=O) groups excluding carboxylic acids is 2. The highest BCUT2D eigenvalue weighted by Gasteiger charge is 2.17. The van der Waals surface area contributed by atoms with Gasteiger partial charge in [-0.25, -0.2) is 4.79 Å². The number of amides is 1. The van der Waals surface area contributed by atoms with Crippen molar-refractivity contribution in [2.24, 2.45) is 0 Å². The Morgan fingerprint density at radius 1 is 0.879 bits per heavy atom. The van der Waals surface area contributed by atoms with E-state index in [1.165, 1.54) is 27.5 Å². The van der Waals surface area contributed by atoms with Gasteiger partial charge in [-0.3, -0.25) is 9.78 Å². The second-order valence-electron chi connectivity index (χ2n) is 6.66. The van der Waals surface area contributed by atoms with Crippen molar-refractivity contribution in [1.29, 1.82) is 0 Å². The molecule has 0 fully saturated rings. The summed E-state index contributed by atoms with van der Waals surface area (Å²) >= 11 is 0. The van der Waals surface area contributed by atoms with Crippen LogP contribution in [0.5, 0.6) is 28.7 Å². The highest BCUT2D eigenvalue weighted by molar-refractivity contribution is 5.94. The first-order valence-corrected chi connectivity index (χ1v) is 9.95. The van der Waals surface area contributed by atoms with Crippen LogP contribution in [0, 0.1) is 0 Å². The van der Waals surface area contributed by atoms with E-state index in [1.54, 1.807) is 54.7 Å². The number of rotatable bonds is 10. The molecule has 9 nitrogen and oxygen atoms in total. The second kappa shape index (κ2) is 11.4. The van der Waals surface area contributed by atoms with E-state index in [0.717, 1.165) is 0 Å². The van der Waals surface area contributed by atoms with E-state index in [0.29, 0.717) is 34.3 Å². The molecule has 33 heavy (non-hydrogen) atoms. The van der Waals surface area contributed by atoms with Gasteiger partial charge < -0.3 is 29.0 Å². The zero-order valence-electron chi connectivity index (χ0n) is 18.5. The molecule has 1 amide bonds. The Bertz CT molecular complexity index is 1100. The Morgan fingerprint density at radius 3 is 2.30 bits per heavy atom. The summed E-state index contributed by atoms with van der Waals surface area (Å²) in [6.07, 6.45) is 3.14. The van der Waals surface area contributed by atoms with Gasteiger partial charge in [-0.05, 0) is 30.3 Å². The number of nitrogens with one attached hydrogen (secondary N) is 1. The van der Waals surface area contributed by atoms with Gasteiger partial charge in [0, 0.05) is 24.4 Å². The molecule has 0 spiro atoms. The average Bonchev–Trinajstić information content (AvgIpc) is 2.86. The van der Waals surface area contributed by atoms with Crippen LogP contribution in [-0.4, -0.2) is 44.8 Å². The highest BCUT2D eigenvalue weighted by Crippen LogP contribution is 2.34. The van der Waals surface area contributed by atoms with Gasteiger partial charge in [0.05, 0.1) is 27.5 Å². The molecule has 172 valence electrons. The van der Waals surface area contributed by atoms with E-state index in [9.17, 15) is 9.59 Å². The molecule has 3 aromatic rings. The van der Waals surface area contributed by atoms with Gasteiger partial charge in [0.15, 0.2) is 18.1 Å². The smallest absolute Gasteiger partial charge is 0.342 e. The highest BCUT2D eigenvalue weighted by atomic mass is 16.5. The first-order chi connectivity index (χ1) is 16.0. The number of para-hydroxylation sites is 1. The van der Waals surface area contributed by atoms with E-state index >= 15 is 0 Å². The number of nitrogens with zero attached hydrogens (tertiary/aromatic N) is 1. The minimum Gasteiger partial charge on any atom is -0.496 e. The van der Waals surface area contributed by atoms with Gasteiger partial charge in [0.2, 0.25) is 0 Å². The van der Waals surface area contributed by atoms with Crippen molar-refractivity contribution in [3.8, 4) is 28.7 Å². The second-order valence-corrected chi connectivity index (χ2v) is 6.66. The lowest BCUT2D eigenvalue weighted by Crippen LogP contribution is -2.28. The minimum atomic E-state index is -0.687. The number of benzene rings is 2. The number of aromatic nitrogens is 1. The van der Waals surface area contributed by atoms with Gasteiger partial charge in [-0.15, -0.1) is 0 Å². The van der Waals surface area contributed by atoms with Crippen LogP contribution in [0.1, 0.15) is 15.9 Å². The maximum atomic E-state index is 12.5. The third kappa shape index (κ3) is 6.13. The van der Waals surface area contributed by atoms with Crippen LogP contribution in [0.4, 0.5) is 0 Å². The summed E-state index contributed by atoms with van der Waals surface area (Å²) in [5.74, 6) is 1.13. The van der Waals surface area contributed by atoms with Crippen LogP contribution in [-0.2, 0) is 16.1 Å². The quantitative estimate of drug-likeness (QED) is 0.467. The number of methoxy groups -OCH3 is 3. The molecule has 2 aromatic carbocycles. The monoisotopic (exact) mass is 452 g/mol. The average molecular weight is 452 g/mol. The van der Waals surface area contributed by atoms with Crippen LogP contribution in [0.15, 0.2) is 60.9 Å². The maximum Gasteiger partial charge on any atom is 0.342 e. The molecule has 1 heterocycles. The summed E-state index contributed by atoms with van der Waals surface area (Å²) < 4.78 is 26.8. The fourth-order valence-corrected chi connectivity index (χ4v) is 2.94. The summed E-state index contributed by atoms with van der Waals surface area (Å²) in [6, 6.07) is 13.4. The van der Waals surface area contributed by atoms with Gasteiger partial charge in [-0.1, -0.05) is 12.1 Å². The molecule has 1 aromatic heterocycles. The molecule has 0 saturated heterocycles. The van der Waals surface area contributed by atoms with Crippen LogP contribution in [0.2, 0.25) is 0 Å². The lowest BCUT2D eigenvalue weighted by Gasteiger charge is -2.15. The molecular weight excluding hydrogens is 428 g/mol. The Balaban J connectivity index is 1.59. The van der Waals surface area contributed by atoms with Crippen molar-refractivity contribution < 1.29 is 33.3 Å². The molecule has 0 atom stereocenters. The predicted molar refractivity (Wildman–Crippen MR) is 119 cm³/mol. The van der Waals surface area contributed by atoms with E-state index in [2.05, 4.69) is 10.3 Å². The zero-order valence-corrected chi connectivity index (χ0v) is 18.5. The summed E-state index contributed by atoms with van der Waals surface area (Å²) in [7, 11) is 4.55.